The van der Waals surface area contributed by atoms with Crippen molar-refractivity contribution in [2.75, 3.05) is 12.0 Å². The van der Waals surface area contributed by atoms with Crippen LogP contribution in [0.25, 0.3) is 10.9 Å². The number of aromatic nitrogens is 1. The molecule has 4 rings (SSSR count). The molecule has 1 heterocycles. The number of nitrogens with zero attached hydrogens (tertiary/aromatic N) is 2. The fraction of sp³-hybridized carbons (Fsp3) is 0.0870. The maximum Gasteiger partial charge on any atom is 0.119 e. The highest BCUT2D eigenvalue weighted by molar-refractivity contribution is 9.10. The van der Waals surface area contributed by atoms with Gasteiger partial charge < -0.3 is 9.30 Å². The van der Waals surface area contributed by atoms with E-state index in [9.17, 15) is 0 Å². The molecule has 28 heavy (non-hydrogen) atoms. The molecule has 0 bridgehead atoms. The Labute approximate surface area is 172 Å². The molecule has 1 aromatic heterocycles. The molecule has 0 aliphatic heterocycles. The first-order chi connectivity index (χ1) is 13.8. The van der Waals surface area contributed by atoms with Crippen LogP contribution in [0.3, 0.4) is 0 Å². The van der Waals surface area contributed by atoms with E-state index in [-0.39, 0.29) is 0 Å². The molecule has 0 unspecified atom stereocenters. The molecule has 0 aliphatic rings. The number of anilines is 1. The van der Waals surface area contributed by atoms with Crippen LogP contribution in [-0.2, 0) is 6.54 Å². The van der Waals surface area contributed by atoms with Gasteiger partial charge in [0.05, 0.1) is 18.4 Å². The third-order valence-corrected chi connectivity index (χ3v) is 4.93. The zero-order valence-electron chi connectivity index (χ0n) is 15.3. The molecule has 0 fully saturated rings. The van der Waals surface area contributed by atoms with Gasteiger partial charge in [-0.1, -0.05) is 52.3 Å². The summed E-state index contributed by atoms with van der Waals surface area (Å²) < 4.78 is 9.10. The van der Waals surface area contributed by atoms with Crippen LogP contribution in [0.5, 0.6) is 5.75 Å². The van der Waals surface area contributed by atoms with Gasteiger partial charge in [0.1, 0.15) is 12.4 Å². The number of rotatable bonds is 7. The molecule has 5 heteroatoms. The van der Waals surface area contributed by atoms with Crippen molar-refractivity contribution in [1.29, 1.82) is 0 Å². The van der Waals surface area contributed by atoms with Crippen LogP contribution in [0.1, 0.15) is 5.56 Å². The zero-order valence-corrected chi connectivity index (χ0v) is 16.8. The number of ether oxygens (including phenoxy) is 1. The maximum absolute atomic E-state index is 5.85. The monoisotopic (exact) mass is 433 g/mol. The highest BCUT2D eigenvalue weighted by Gasteiger charge is 2.06. The smallest absolute Gasteiger partial charge is 0.119 e. The summed E-state index contributed by atoms with van der Waals surface area (Å²) in [5.41, 5.74) is 6.26. The molecular formula is C23H20BrN3O. The Hall–Kier alpha value is -3.05. The Balaban J connectivity index is 1.47. The van der Waals surface area contributed by atoms with E-state index in [1.54, 1.807) is 0 Å². The van der Waals surface area contributed by atoms with Gasteiger partial charge in [0.15, 0.2) is 0 Å². The molecule has 0 amide bonds. The van der Waals surface area contributed by atoms with E-state index in [0.717, 1.165) is 28.0 Å². The lowest BCUT2D eigenvalue weighted by Gasteiger charge is -2.08. The second-order valence-corrected chi connectivity index (χ2v) is 7.25. The van der Waals surface area contributed by atoms with E-state index < -0.39 is 0 Å². The number of benzene rings is 3. The minimum atomic E-state index is 0.608. The lowest BCUT2D eigenvalue weighted by atomic mass is 10.2. The van der Waals surface area contributed by atoms with Gasteiger partial charge in [0, 0.05) is 27.1 Å². The van der Waals surface area contributed by atoms with Crippen LogP contribution in [0.2, 0.25) is 0 Å². The van der Waals surface area contributed by atoms with Crippen LogP contribution in [-0.4, -0.2) is 17.4 Å². The zero-order chi connectivity index (χ0) is 19.2. The Morgan fingerprint density at radius 2 is 1.68 bits per heavy atom. The number of hydrazone groups is 1. The highest BCUT2D eigenvalue weighted by Crippen LogP contribution is 2.20. The summed E-state index contributed by atoms with van der Waals surface area (Å²) in [6, 6.07) is 26.2. The van der Waals surface area contributed by atoms with Crippen LogP contribution in [0, 0.1) is 0 Å². The van der Waals surface area contributed by atoms with Crippen molar-refractivity contribution in [3.8, 4) is 5.75 Å². The predicted octanol–water partition coefficient (Wildman–Crippen LogP) is 5.93. The van der Waals surface area contributed by atoms with Crippen LogP contribution < -0.4 is 10.2 Å². The third-order valence-electron chi connectivity index (χ3n) is 4.41. The van der Waals surface area contributed by atoms with Gasteiger partial charge in [-0.2, -0.15) is 5.10 Å². The summed E-state index contributed by atoms with van der Waals surface area (Å²) >= 11 is 3.44. The Kier molecular flexibility index (Phi) is 5.73. The summed E-state index contributed by atoms with van der Waals surface area (Å²) in [5, 5.41) is 5.57. The third kappa shape index (κ3) is 4.43. The Bertz CT molecular complexity index is 1070. The molecule has 0 radical (unpaired) electrons. The second-order valence-electron chi connectivity index (χ2n) is 6.33. The van der Waals surface area contributed by atoms with Gasteiger partial charge in [0.25, 0.3) is 0 Å². The maximum atomic E-state index is 5.85. The van der Waals surface area contributed by atoms with Crippen molar-refractivity contribution in [3.05, 3.63) is 95.1 Å². The second kappa shape index (κ2) is 8.76. The number of halogens is 1. The molecule has 0 saturated carbocycles. The fourth-order valence-corrected chi connectivity index (χ4v) is 3.31. The summed E-state index contributed by atoms with van der Waals surface area (Å²) in [5.74, 6) is 0.888. The number of para-hydroxylation sites is 2. The summed E-state index contributed by atoms with van der Waals surface area (Å²) in [6.07, 6.45) is 3.98. The molecular weight excluding hydrogens is 414 g/mol. The molecule has 0 saturated heterocycles. The van der Waals surface area contributed by atoms with E-state index in [2.05, 4.69) is 55.4 Å². The predicted molar refractivity (Wildman–Crippen MR) is 119 cm³/mol. The number of hydrogen-bond acceptors (Lipinski definition) is 3. The first-order valence-electron chi connectivity index (χ1n) is 9.10. The van der Waals surface area contributed by atoms with Crippen molar-refractivity contribution in [3.63, 3.8) is 0 Å². The van der Waals surface area contributed by atoms with E-state index in [1.807, 2.05) is 66.9 Å². The SMILES string of the molecule is Brc1ccc(N/N=C/c2cn(CCOc3ccccc3)c3ccccc23)cc1. The first-order valence-corrected chi connectivity index (χ1v) is 9.89. The van der Waals surface area contributed by atoms with E-state index in [0.29, 0.717) is 6.61 Å². The van der Waals surface area contributed by atoms with Crippen molar-refractivity contribution in [2.45, 2.75) is 6.54 Å². The molecule has 0 aliphatic carbocycles. The average Bonchev–Trinajstić information content (AvgIpc) is 3.08. The largest absolute Gasteiger partial charge is 0.492 e. The molecule has 4 nitrogen and oxygen atoms in total. The quantitative estimate of drug-likeness (QED) is 0.289. The van der Waals surface area contributed by atoms with Gasteiger partial charge in [-0.15, -0.1) is 0 Å². The van der Waals surface area contributed by atoms with Crippen molar-refractivity contribution in [1.82, 2.24) is 4.57 Å². The molecule has 0 spiro atoms. The van der Waals surface area contributed by atoms with Crippen LogP contribution in [0.15, 0.2) is 94.6 Å². The van der Waals surface area contributed by atoms with Gasteiger partial charge in [-0.25, -0.2) is 0 Å². The van der Waals surface area contributed by atoms with Crippen LogP contribution >= 0.6 is 15.9 Å². The summed E-state index contributed by atoms with van der Waals surface area (Å²) in [7, 11) is 0. The van der Waals surface area contributed by atoms with Gasteiger partial charge in [-0.05, 0) is 42.5 Å². The Morgan fingerprint density at radius 1 is 0.929 bits per heavy atom. The summed E-state index contributed by atoms with van der Waals surface area (Å²) in [4.78, 5) is 0. The van der Waals surface area contributed by atoms with Crippen molar-refractivity contribution < 1.29 is 4.74 Å². The molecule has 3 aromatic carbocycles. The number of nitrogens with one attached hydrogen (secondary N) is 1. The van der Waals surface area contributed by atoms with Crippen molar-refractivity contribution >= 4 is 38.7 Å². The molecule has 4 aromatic rings. The van der Waals surface area contributed by atoms with E-state index in [1.165, 1.54) is 10.9 Å². The lowest BCUT2D eigenvalue weighted by Crippen LogP contribution is -2.07. The fourth-order valence-electron chi connectivity index (χ4n) is 3.04. The molecule has 0 atom stereocenters. The molecule has 140 valence electrons. The topological polar surface area (TPSA) is 38.5 Å². The van der Waals surface area contributed by atoms with Gasteiger partial charge in [0.2, 0.25) is 0 Å². The standard InChI is InChI=1S/C23H20BrN3O/c24-19-10-12-20(13-11-19)26-25-16-18-17-27(23-9-5-4-8-22(18)23)14-15-28-21-6-2-1-3-7-21/h1-13,16-17,26H,14-15H2/b25-16+. The lowest BCUT2D eigenvalue weighted by molar-refractivity contribution is 0.300. The van der Waals surface area contributed by atoms with E-state index in [4.69, 9.17) is 4.74 Å². The minimum Gasteiger partial charge on any atom is -0.492 e. The number of fused-ring (bicyclic) bond motifs is 1. The number of hydrogen-bond donors (Lipinski definition) is 1. The van der Waals surface area contributed by atoms with Gasteiger partial charge >= 0.3 is 0 Å². The summed E-state index contributed by atoms with van der Waals surface area (Å²) in [6.45, 7) is 1.37. The Morgan fingerprint density at radius 3 is 2.50 bits per heavy atom. The first kappa shape index (κ1) is 18.3. The minimum absolute atomic E-state index is 0.608. The molecule has 1 N–H and O–H groups in total. The normalized spacial score (nSPS) is 11.2. The van der Waals surface area contributed by atoms with E-state index >= 15 is 0 Å². The highest BCUT2D eigenvalue weighted by atomic mass is 79.9. The van der Waals surface area contributed by atoms with Crippen LogP contribution in [0.4, 0.5) is 5.69 Å². The van der Waals surface area contributed by atoms with Crippen molar-refractivity contribution in [2.24, 2.45) is 5.10 Å². The van der Waals surface area contributed by atoms with Gasteiger partial charge in [-0.3, -0.25) is 5.43 Å². The average molecular weight is 434 g/mol.